The Morgan fingerprint density at radius 3 is 3.17 bits per heavy atom. The number of rotatable bonds is 6. The third-order valence-electron chi connectivity index (χ3n) is 2.79. The van der Waals surface area contributed by atoms with Gasteiger partial charge >= 0.3 is 5.97 Å². The van der Waals surface area contributed by atoms with Crippen LogP contribution in [0, 0.1) is 5.92 Å². The van der Waals surface area contributed by atoms with Crippen LogP contribution in [0.1, 0.15) is 19.8 Å². The van der Waals surface area contributed by atoms with Gasteiger partial charge in [0.15, 0.2) is 5.82 Å². The molecule has 0 aliphatic carbocycles. The molecular weight excluding hydrogens is 232 g/mol. The molecule has 2 rings (SSSR count). The lowest BCUT2D eigenvalue weighted by Crippen LogP contribution is -2.14. The number of fused-ring (bicyclic) bond motifs is 1. The van der Waals surface area contributed by atoms with Gasteiger partial charge in [0.2, 0.25) is 0 Å². The maximum Gasteiger partial charge on any atom is 0.303 e. The van der Waals surface area contributed by atoms with Crippen LogP contribution in [0.4, 0.5) is 5.82 Å². The molecule has 2 aromatic rings. The average molecular weight is 248 g/mol. The van der Waals surface area contributed by atoms with Gasteiger partial charge in [-0.2, -0.15) is 5.10 Å². The number of aliphatic carboxylic acids is 1. The summed E-state index contributed by atoms with van der Waals surface area (Å²) in [6.07, 6.45) is 6.05. The van der Waals surface area contributed by atoms with Crippen molar-refractivity contribution >= 4 is 17.3 Å². The smallest absolute Gasteiger partial charge is 0.303 e. The average Bonchev–Trinajstić information content (AvgIpc) is 2.82. The van der Waals surface area contributed by atoms with E-state index in [0.29, 0.717) is 13.0 Å². The molecule has 0 aliphatic rings. The van der Waals surface area contributed by atoms with Gasteiger partial charge in [0.1, 0.15) is 5.52 Å². The first-order valence-electron chi connectivity index (χ1n) is 5.91. The number of hydrogen-bond donors (Lipinski definition) is 2. The van der Waals surface area contributed by atoms with Crippen molar-refractivity contribution in [3.05, 3.63) is 24.7 Å². The van der Waals surface area contributed by atoms with E-state index in [-0.39, 0.29) is 12.3 Å². The van der Waals surface area contributed by atoms with E-state index in [0.717, 1.165) is 11.3 Å². The molecule has 0 radical (unpaired) electrons. The third kappa shape index (κ3) is 2.97. The standard InChI is InChI=1S/C12H16N4O2/c1-9(2-3-11(17)18)8-14-12-10-4-5-15-16(10)7-6-13-12/h4-7,9H,2-3,8H2,1H3,(H,13,14)(H,17,18). The first-order chi connectivity index (χ1) is 8.66. The fraction of sp³-hybridized carbons (Fsp3) is 0.417. The van der Waals surface area contributed by atoms with Gasteiger partial charge in [-0.1, -0.05) is 6.92 Å². The molecule has 0 bridgehead atoms. The molecule has 0 spiro atoms. The molecule has 0 fully saturated rings. The van der Waals surface area contributed by atoms with E-state index in [1.54, 1.807) is 23.1 Å². The Bertz CT molecular complexity index is 538. The lowest BCUT2D eigenvalue weighted by atomic mass is 10.1. The minimum atomic E-state index is -0.752. The zero-order chi connectivity index (χ0) is 13.0. The predicted molar refractivity (Wildman–Crippen MR) is 67.5 cm³/mol. The van der Waals surface area contributed by atoms with Crippen molar-refractivity contribution in [3.63, 3.8) is 0 Å². The molecule has 6 nitrogen and oxygen atoms in total. The highest BCUT2D eigenvalue weighted by molar-refractivity contribution is 5.67. The number of carboxylic acid groups (broad SMARTS) is 1. The summed E-state index contributed by atoms with van der Waals surface area (Å²) in [5.74, 6) is 0.307. The van der Waals surface area contributed by atoms with Crippen LogP contribution in [0.15, 0.2) is 24.7 Å². The fourth-order valence-corrected chi connectivity index (χ4v) is 1.74. The lowest BCUT2D eigenvalue weighted by molar-refractivity contribution is -0.137. The molecule has 18 heavy (non-hydrogen) atoms. The van der Waals surface area contributed by atoms with Crippen molar-refractivity contribution in [1.29, 1.82) is 0 Å². The van der Waals surface area contributed by atoms with Gasteiger partial charge in [-0.3, -0.25) is 4.79 Å². The first-order valence-corrected chi connectivity index (χ1v) is 5.91. The first kappa shape index (κ1) is 12.3. The molecule has 6 heteroatoms. The molecule has 0 amide bonds. The Morgan fingerprint density at radius 2 is 2.39 bits per heavy atom. The zero-order valence-corrected chi connectivity index (χ0v) is 10.2. The number of carboxylic acids is 1. The molecule has 0 aliphatic heterocycles. The second-order valence-electron chi connectivity index (χ2n) is 4.36. The van der Waals surface area contributed by atoms with Gasteiger partial charge in [0.25, 0.3) is 0 Å². The largest absolute Gasteiger partial charge is 0.481 e. The predicted octanol–water partition coefficient (Wildman–Crippen LogP) is 1.64. The Hall–Kier alpha value is -2.11. The molecule has 2 N–H and O–H groups in total. The normalized spacial score (nSPS) is 12.5. The van der Waals surface area contributed by atoms with Crippen LogP contribution in [0.3, 0.4) is 0 Å². The summed E-state index contributed by atoms with van der Waals surface area (Å²) in [4.78, 5) is 14.7. The van der Waals surface area contributed by atoms with E-state index < -0.39 is 5.97 Å². The number of nitrogens with one attached hydrogen (secondary N) is 1. The summed E-state index contributed by atoms with van der Waals surface area (Å²) < 4.78 is 1.75. The summed E-state index contributed by atoms with van der Waals surface area (Å²) in [7, 11) is 0. The highest BCUT2D eigenvalue weighted by Gasteiger charge is 2.07. The Morgan fingerprint density at radius 1 is 1.56 bits per heavy atom. The fourth-order valence-electron chi connectivity index (χ4n) is 1.74. The molecule has 1 atom stereocenters. The van der Waals surface area contributed by atoms with Crippen molar-refractivity contribution < 1.29 is 9.90 Å². The van der Waals surface area contributed by atoms with Crippen LogP contribution in [0.2, 0.25) is 0 Å². The number of aromatic nitrogens is 3. The van der Waals surface area contributed by atoms with Crippen molar-refractivity contribution in [2.24, 2.45) is 5.92 Å². The molecule has 0 saturated carbocycles. The third-order valence-corrected chi connectivity index (χ3v) is 2.79. The van der Waals surface area contributed by atoms with Gasteiger partial charge in [0.05, 0.1) is 6.20 Å². The van der Waals surface area contributed by atoms with Crippen molar-refractivity contribution in [2.75, 3.05) is 11.9 Å². The minimum Gasteiger partial charge on any atom is -0.481 e. The number of carbonyl (C=O) groups is 1. The van der Waals surface area contributed by atoms with Gasteiger partial charge in [-0.05, 0) is 18.4 Å². The second-order valence-corrected chi connectivity index (χ2v) is 4.36. The Kier molecular flexibility index (Phi) is 3.76. The number of hydrogen-bond acceptors (Lipinski definition) is 4. The van der Waals surface area contributed by atoms with E-state index in [2.05, 4.69) is 15.4 Å². The highest BCUT2D eigenvalue weighted by atomic mass is 16.4. The number of nitrogens with zero attached hydrogens (tertiary/aromatic N) is 3. The van der Waals surface area contributed by atoms with Crippen LogP contribution >= 0.6 is 0 Å². The Balaban J connectivity index is 1.93. The van der Waals surface area contributed by atoms with E-state index in [9.17, 15) is 4.79 Å². The van der Waals surface area contributed by atoms with Crippen molar-refractivity contribution in [1.82, 2.24) is 14.6 Å². The minimum absolute atomic E-state index is 0.202. The monoisotopic (exact) mass is 248 g/mol. The van der Waals surface area contributed by atoms with E-state index in [1.165, 1.54) is 0 Å². The quantitative estimate of drug-likeness (QED) is 0.812. The SMILES string of the molecule is CC(CCC(=O)O)CNc1nccn2nccc12. The van der Waals surface area contributed by atoms with Gasteiger partial charge in [-0.15, -0.1) is 0 Å². The van der Waals surface area contributed by atoms with Crippen LogP contribution in [0.25, 0.3) is 5.52 Å². The molecule has 96 valence electrons. The zero-order valence-electron chi connectivity index (χ0n) is 10.2. The molecule has 0 aromatic carbocycles. The highest BCUT2D eigenvalue weighted by Crippen LogP contribution is 2.14. The molecule has 1 unspecified atom stereocenters. The van der Waals surface area contributed by atoms with Crippen LogP contribution in [-0.2, 0) is 4.79 Å². The van der Waals surface area contributed by atoms with E-state index >= 15 is 0 Å². The maximum atomic E-state index is 10.5. The molecular formula is C12H16N4O2. The second kappa shape index (κ2) is 5.48. The molecule has 2 aromatic heterocycles. The summed E-state index contributed by atoms with van der Waals surface area (Å²) in [5.41, 5.74) is 0.919. The Labute approximate surface area is 105 Å². The maximum absolute atomic E-state index is 10.5. The van der Waals surface area contributed by atoms with E-state index in [1.807, 2.05) is 13.0 Å². The number of anilines is 1. The van der Waals surface area contributed by atoms with Gasteiger partial charge in [-0.25, -0.2) is 9.50 Å². The van der Waals surface area contributed by atoms with Gasteiger partial charge in [0, 0.05) is 25.4 Å². The summed E-state index contributed by atoms with van der Waals surface area (Å²) in [6.45, 7) is 2.72. The van der Waals surface area contributed by atoms with E-state index in [4.69, 9.17) is 5.11 Å². The lowest BCUT2D eigenvalue weighted by Gasteiger charge is -2.12. The van der Waals surface area contributed by atoms with Crippen LogP contribution in [0.5, 0.6) is 0 Å². The van der Waals surface area contributed by atoms with Crippen LogP contribution < -0.4 is 5.32 Å². The van der Waals surface area contributed by atoms with Gasteiger partial charge < -0.3 is 10.4 Å². The topological polar surface area (TPSA) is 79.5 Å². The van der Waals surface area contributed by atoms with Crippen LogP contribution in [-0.4, -0.2) is 32.2 Å². The van der Waals surface area contributed by atoms with Crippen molar-refractivity contribution in [3.8, 4) is 0 Å². The summed E-state index contributed by atoms with van der Waals surface area (Å²) in [5, 5.41) is 16.0. The summed E-state index contributed by atoms with van der Waals surface area (Å²) in [6, 6.07) is 1.89. The summed E-state index contributed by atoms with van der Waals surface area (Å²) >= 11 is 0. The van der Waals surface area contributed by atoms with Crippen molar-refractivity contribution in [2.45, 2.75) is 19.8 Å². The molecule has 2 heterocycles. The molecule has 0 saturated heterocycles.